The second kappa shape index (κ2) is 6.54. The van der Waals surface area contributed by atoms with Crippen molar-refractivity contribution >= 4 is 11.6 Å². The molecule has 0 spiro atoms. The first kappa shape index (κ1) is 15.9. The Morgan fingerprint density at radius 1 is 1.33 bits per heavy atom. The second-order valence-electron chi connectivity index (χ2n) is 4.97. The van der Waals surface area contributed by atoms with Crippen molar-refractivity contribution in [1.29, 1.82) is 0 Å². The van der Waals surface area contributed by atoms with Crippen molar-refractivity contribution in [2.24, 2.45) is 7.05 Å². The van der Waals surface area contributed by atoms with Gasteiger partial charge in [0.15, 0.2) is 11.6 Å². The lowest BCUT2D eigenvalue weighted by atomic mass is 9.99. The number of nitrogens with one attached hydrogen (secondary N) is 1. The first-order valence-corrected chi connectivity index (χ1v) is 7.18. The van der Waals surface area contributed by atoms with E-state index in [1.807, 2.05) is 13.8 Å². The molecule has 1 aromatic heterocycles. The third-order valence-electron chi connectivity index (χ3n) is 3.47. The third-order valence-corrected chi connectivity index (χ3v) is 3.95. The maximum atomic E-state index is 13.4. The third kappa shape index (κ3) is 3.41. The number of likely N-dealkylation sites (N-methyl/N-ethyl adjacent to an activating group) is 1. The van der Waals surface area contributed by atoms with Crippen molar-refractivity contribution in [2.45, 2.75) is 26.3 Å². The number of hydrogen-bond acceptors (Lipinski definition) is 2. The molecule has 114 valence electrons. The van der Waals surface area contributed by atoms with Gasteiger partial charge in [-0.05, 0) is 37.6 Å². The zero-order chi connectivity index (χ0) is 15.6. The highest BCUT2D eigenvalue weighted by Crippen LogP contribution is 2.26. The van der Waals surface area contributed by atoms with E-state index in [1.165, 1.54) is 6.07 Å². The van der Waals surface area contributed by atoms with Gasteiger partial charge in [-0.25, -0.2) is 8.78 Å². The van der Waals surface area contributed by atoms with Crippen molar-refractivity contribution < 1.29 is 8.78 Å². The summed E-state index contributed by atoms with van der Waals surface area (Å²) >= 11 is 6.24. The summed E-state index contributed by atoms with van der Waals surface area (Å²) in [6.07, 6.45) is 0.567. The molecular weight excluding hydrogens is 296 g/mol. The normalized spacial score (nSPS) is 12.7. The number of aryl methyl sites for hydroxylation is 2. The Hall–Kier alpha value is -1.46. The number of aromatic nitrogens is 2. The molecule has 1 unspecified atom stereocenters. The Morgan fingerprint density at radius 3 is 2.57 bits per heavy atom. The smallest absolute Gasteiger partial charge is 0.159 e. The van der Waals surface area contributed by atoms with Crippen LogP contribution in [0.4, 0.5) is 8.78 Å². The van der Waals surface area contributed by atoms with Crippen LogP contribution in [-0.2, 0) is 13.5 Å². The van der Waals surface area contributed by atoms with E-state index in [4.69, 9.17) is 11.6 Å². The molecular formula is C15H18ClF2N3. The van der Waals surface area contributed by atoms with Gasteiger partial charge >= 0.3 is 0 Å². The second-order valence-corrected chi connectivity index (χ2v) is 5.32. The van der Waals surface area contributed by atoms with Gasteiger partial charge in [-0.3, -0.25) is 4.68 Å². The summed E-state index contributed by atoms with van der Waals surface area (Å²) in [5.74, 6) is -1.69. The summed E-state index contributed by atoms with van der Waals surface area (Å²) < 4.78 is 28.1. The van der Waals surface area contributed by atoms with Crippen LogP contribution in [0.1, 0.15) is 29.8 Å². The van der Waals surface area contributed by atoms with Crippen LogP contribution in [0.5, 0.6) is 0 Å². The molecule has 1 atom stereocenters. The van der Waals surface area contributed by atoms with Gasteiger partial charge in [0.2, 0.25) is 0 Å². The van der Waals surface area contributed by atoms with Gasteiger partial charge in [0.1, 0.15) is 5.15 Å². The summed E-state index contributed by atoms with van der Waals surface area (Å²) in [5, 5.41) is 8.11. The number of halogens is 3. The molecule has 3 nitrogen and oxygen atoms in total. The summed E-state index contributed by atoms with van der Waals surface area (Å²) in [6, 6.07) is 3.81. The molecule has 0 radical (unpaired) electrons. The number of hydrogen-bond donors (Lipinski definition) is 1. The van der Waals surface area contributed by atoms with E-state index in [0.29, 0.717) is 23.7 Å². The lowest BCUT2D eigenvalue weighted by molar-refractivity contribution is 0.497. The lowest BCUT2D eigenvalue weighted by Crippen LogP contribution is -2.23. The molecule has 6 heteroatoms. The van der Waals surface area contributed by atoms with Crippen molar-refractivity contribution in [2.75, 3.05) is 6.54 Å². The van der Waals surface area contributed by atoms with E-state index in [1.54, 1.807) is 17.8 Å². The van der Waals surface area contributed by atoms with E-state index in [-0.39, 0.29) is 6.04 Å². The Balaban J connectivity index is 2.32. The van der Waals surface area contributed by atoms with E-state index in [0.717, 1.165) is 17.3 Å². The summed E-state index contributed by atoms with van der Waals surface area (Å²) in [4.78, 5) is 0. The SMILES string of the molecule is CCNC(Cc1c(C)nn(C)c1Cl)c1ccc(F)c(F)c1. The molecule has 0 aliphatic carbocycles. The summed E-state index contributed by atoms with van der Waals surface area (Å²) in [5.41, 5.74) is 2.44. The van der Waals surface area contributed by atoms with Gasteiger partial charge in [0, 0.05) is 18.7 Å². The summed E-state index contributed by atoms with van der Waals surface area (Å²) in [6.45, 7) is 4.56. The van der Waals surface area contributed by atoms with Crippen LogP contribution in [0.3, 0.4) is 0 Å². The van der Waals surface area contributed by atoms with E-state index in [2.05, 4.69) is 10.4 Å². The standard InChI is InChI=1S/C15H18ClF2N3/c1-4-19-14(10-5-6-12(17)13(18)7-10)8-11-9(2)20-21(3)15(11)16/h5-7,14,19H,4,8H2,1-3H3. The van der Waals surface area contributed by atoms with Crippen LogP contribution in [0, 0.1) is 18.6 Å². The first-order valence-electron chi connectivity index (χ1n) is 6.80. The Labute approximate surface area is 127 Å². The Morgan fingerprint density at radius 2 is 2.05 bits per heavy atom. The van der Waals surface area contributed by atoms with E-state index in [9.17, 15) is 8.78 Å². The number of benzene rings is 1. The van der Waals surface area contributed by atoms with Gasteiger partial charge in [0.05, 0.1) is 5.69 Å². The van der Waals surface area contributed by atoms with Gasteiger partial charge in [-0.15, -0.1) is 0 Å². The van der Waals surface area contributed by atoms with Gasteiger partial charge in [0.25, 0.3) is 0 Å². The molecule has 0 saturated heterocycles. The van der Waals surface area contributed by atoms with Gasteiger partial charge < -0.3 is 5.32 Å². The molecule has 1 aromatic carbocycles. The van der Waals surface area contributed by atoms with Crippen molar-refractivity contribution in [3.05, 3.63) is 51.8 Å². The van der Waals surface area contributed by atoms with Crippen LogP contribution in [-0.4, -0.2) is 16.3 Å². The molecule has 0 aliphatic rings. The zero-order valence-corrected chi connectivity index (χ0v) is 13.0. The topological polar surface area (TPSA) is 29.9 Å². The van der Waals surface area contributed by atoms with Gasteiger partial charge in [-0.2, -0.15) is 5.10 Å². The van der Waals surface area contributed by atoms with E-state index < -0.39 is 11.6 Å². The van der Waals surface area contributed by atoms with Crippen molar-refractivity contribution in [3.8, 4) is 0 Å². The highest BCUT2D eigenvalue weighted by atomic mass is 35.5. The monoisotopic (exact) mass is 313 g/mol. The molecule has 0 saturated carbocycles. The van der Waals surface area contributed by atoms with Crippen LogP contribution >= 0.6 is 11.6 Å². The van der Waals surface area contributed by atoms with Crippen LogP contribution in [0.15, 0.2) is 18.2 Å². The Bertz CT molecular complexity index is 640. The quantitative estimate of drug-likeness (QED) is 0.915. The number of nitrogens with zero attached hydrogens (tertiary/aromatic N) is 2. The Kier molecular flexibility index (Phi) is 4.96. The molecule has 2 aromatic rings. The molecule has 0 fully saturated rings. The minimum atomic E-state index is -0.843. The van der Waals surface area contributed by atoms with Crippen LogP contribution in [0.25, 0.3) is 0 Å². The zero-order valence-electron chi connectivity index (χ0n) is 12.3. The molecule has 1 N–H and O–H groups in total. The molecule has 0 aliphatic heterocycles. The van der Waals surface area contributed by atoms with Crippen LogP contribution in [0.2, 0.25) is 5.15 Å². The maximum Gasteiger partial charge on any atom is 0.159 e. The van der Waals surface area contributed by atoms with Crippen molar-refractivity contribution in [1.82, 2.24) is 15.1 Å². The molecule has 21 heavy (non-hydrogen) atoms. The minimum Gasteiger partial charge on any atom is -0.310 e. The maximum absolute atomic E-state index is 13.4. The predicted octanol–water partition coefficient (Wildman–Crippen LogP) is 3.55. The highest BCUT2D eigenvalue weighted by molar-refractivity contribution is 6.30. The molecule has 2 rings (SSSR count). The van der Waals surface area contributed by atoms with Crippen molar-refractivity contribution in [3.63, 3.8) is 0 Å². The fraction of sp³-hybridized carbons (Fsp3) is 0.400. The molecule has 1 heterocycles. The van der Waals surface area contributed by atoms with E-state index >= 15 is 0 Å². The first-order chi connectivity index (χ1) is 9.93. The lowest BCUT2D eigenvalue weighted by Gasteiger charge is -2.18. The highest BCUT2D eigenvalue weighted by Gasteiger charge is 2.19. The minimum absolute atomic E-state index is 0.148. The number of rotatable bonds is 5. The summed E-state index contributed by atoms with van der Waals surface area (Å²) in [7, 11) is 1.78. The predicted molar refractivity (Wildman–Crippen MR) is 79.4 cm³/mol. The molecule has 0 bridgehead atoms. The average Bonchev–Trinajstić information content (AvgIpc) is 2.68. The van der Waals surface area contributed by atoms with Crippen LogP contribution < -0.4 is 5.32 Å². The molecule has 0 amide bonds. The fourth-order valence-electron chi connectivity index (χ4n) is 2.39. The average molecular weight is 314 g/mol. The fourth-order valence-corrected chi connectivity index (χ4v) is 2.64. The largest absolute Gasteiger partial charge is 0.310 e. The van der Waals surface area contributed by atoms with Gasteiger partial charge in [-0.1, -0.05) is 24.6 Å².